The summed E-state index contributed by atoms with van der Waals surface area (Å²) in [6.07, 6.45) is 4.52. The number of hydrogen-bond acceptors (Lipinski definition) is 7. The van der Waals surface area contributed by atoms with Crippen LogP contribution in [0.25, 0.3) is 10.2 Å². The third kappa shape index (κ3) is 5.94. The molecular formula is C28H36N4O4S2. The van der Waals surface area contributed by atoms with Gasteiger partial charge in [0.15, 0.2) is 5.13 Å². The Balaban J connectivity index is 1.38. The maximum atomic E-state index is 13.8. The van der Waals surface area contributed by atoms with Crippen LogP contribution in [-0.2, 0) is 21.2 Å². The summed E-state index contributed by atoms with van der Waals surface area (Å²) in [6, 6.07) is 12.6. The fourth-order valence-electron chi connectivity index (χ4n) is 5.14. The Bertz CT molecular complexity index is 1340. The van der Waals surface area contributed by atoms with Gasteiger partial charge in [-0.25, -0.2) is 13.4 Å². The average Bonchev–Trinajstić information content (AvgIpc) is 3.40. The summed E-state index contributed by atoms with van der Waals surface area (Å²) in [4.78, 5) is 23.1. The van der Waals surface area contributed by atoms with Gasteiger partial charge in [0.1, 0.15) is 0 Å². The minimum absolute atomic E-state index is 0.161. The third-order valence-electron chi connectivity index (χ3n) is 7.36. The molecule has 0 unspecified atom stereocenters. The molecule has 1 aromatic heterocycles. The van der Waals surface area contributed by atoms with Gasteiger partial charge in [-0.1, -0.05) is 36.8 Å². The van der Waals surface area contributed by atoms with E-state index in [-0.39, 0.29) is 10.8 Å². The minimum atomic E-state index is -3.55. The van der Waals surface area contributed by atoms with Crippen LogP contribution in [0.1, 0.15) is 48.5 Å². The summed E-state index contributed by atoms with van der Waals surface area (Å²) in [5.41, 5.74) is 2.57. The molecule has 0 N–H and O–H groups in total. The van der Waals surface area contributed by atoms with Crippen LogP contribution in [0.3, 0.4) is 0 Å². The quantitative estimate of drug-likeness (QED) is 0.389. The van der Waals surface area contributed by atoms with Crippen LogP contribution in [0.15, 0.2) is 47.4 Å². The van der Waals surface area contributed by atoms with Crippen LogP contribution in [-0.4, -0.2) is 81.0 Å². The van der Waals surface area contributed by atoms with Gasteiger partial charge >= 0.3 is 0 Å². The van der Waals surface area contributed by atoms with Crippen LogP contribution in [0, 0.1) is 0 Å². The second-order valence-electron chi connectivity index (χ2n) is 9.87. The molecule has 8 nitrogen and oxygen atoms in total. The number of para-hydroxylation sites is 1. The van der Waals surface area contributed by atoms with E-state index in [0.717, 1.165) is 80.7 Å². The van der Waals surface area contributed by atoms with Crippen molar-refractivity contribution in [3.05, 3.63) is 53.6 Å². The van der Waals surface area contributed by atoms with Gasteiger partial charge in [0.25, 0.3) is 5.91 Å². The minimum Gasteiger partial charge on any atom is -0.379 e. The zero-order valence-corrected chi connectivity index (χ0v) is 23.6. The highest BCUT2D eigenvalue weighted by Crippen LogP contribution is 2.32. The van der Waals surface area contributed by atoms with Gasteiger partial charge in [-0.05, 0) is 61.6 Å². The molecule has 2 saturated heterocycles. The van der Waals surface area contributed by atoms with Gasteiger partial charge in [0.05, 0.1) is 28.3 Å². The van der Waals surface area contributed by atoms with E-state index in [4.69, 9.17) is 9.72 Å². The molecular weight excluding hydrogens is 520 g/mol. The van der Waals surface area contributed by atoms with E-state index < -0.39 is 10.0 Å². The molecule has 2 fully saturated rings. The van der Waals surface area contributed by atoms with Crippen molar-refractivity contribution >= 4 is 42.6 Å². The van der Waals surface area contributed by atoms with Crippen molar-refractivity contribution in [2.75, 3.05) is 57.4 Å². The number of benzene rings is 2. The molecule has 1 amide bonds. The summed E-state index contributed by atoms with van der Waals surface area (Å²) >= 11 is 1.53. The Hall–Kier alpha value is -2.37. The zero-order valence-electron chi connectivity index (χ0n) is 22.0. The number of sulfonamides is 1. The van der Waals surface area contributed by atoms with Crippen LogP contribution < -0.4 is 4.90 Å². The first kappa shape index (κ1) is 27.2. The number of piperidine rings is 1. The van der Waals surface area contributed by atoms with Crippen molar-refractivity contribution in [2.45, 2.75) is 43.9 Å². The molecule has 3 heterocycles. The van der Waals surface area contributed by atoms with Gasteiger partial charge in [-0.3, -0.25) is 14.6 Å². The molecule has 2 aliphatic rings. The number of amides is 1. The lowest BCUT2D eigenvalue weighted by Gasteiger charge is -2.28. The summed E-state index contributed by atoms with van der Waals surface area (Å²) in [5, 5.41) is 0.679. The molecule has 38 heavy (non-hydrogen) atoms. The predicted molar refractivity (Wildman–Crippen MR) is 152 cm³/mol. The Kier molecular flexibility index (Phi) is 8.74. The van der Waals surface area contributed by atoms with E-state index in [0.29, 0.717) is 30.3 Å². The Morgan fingerprint density at radius 2 is 1.76 bits per heavy atom. The van der Waals surface area contributed by atoms with E-state index in [2.05, 4.69) is 17.9 Å². The molecule has 5 rings (SSSR count). The van der Waals surface area contributed by atoms with E-state index in [1.807, 2.05) is 12.1 Å². The zero-order chi connectivity index (χ0) is 26.5. The number of ether oxygens (including phenoxy) is 1. The fraction of sp³-hybridized carbons (Fsp3) is 0.500. The van der Waals surface area contributed by atoms with Crippen LogP contribution in [0.5, 0.6) is 0 Å². The number of carbonyl (C=O) groups excluding carboxylic acids is 1. The average molecular weight is 557 g/mol. The van der Waals surface area contributed by atoms with Crippen molar-refractivity contribution in [3.8, 4) is 0 Å². The van der Waals surface area contributed by atoms with E-state index in [9.17, 15) is 13.2 Å². The van der Waals surface area contributed by atoms with Crippen LogP contribution in [0.4, 0.5) is 5.13 Å². The molecule has 2 aromatic carbocycles. The largest absolute Gasteiger partial charge is 0.379 e. The SMILES string of the molecule is CCc1cccc2sc(N(CCCN3CCOCC3)C(=O)c3ccc(S(=O)(=O)N4CCCCC4)cc3)nc12. The van der Waals surface area contributed by atoms with Gasteiger partial charge in [0, 0.05) is 44.8 Å². The molecule has 0 saturated carbocycles. The van der Waals surface area contributed by atoms with Gasteiger partial charge in [0.2, 0.25) is 10.0 Å². The lowest BCUT2D eigenvalue weighted by molar-refractivity contribution is 0.0376. The number of thiazole rings is 1. The molecule has 0 spiro atoms. The van der Waals surface area contributed by atoms with E-state index in [1.54, 1.807) is 33.5 Å². The predicted octanol–water partition coefficient (Wildman–Crippen LogP) is 4.40. The number of anilines is 1. The number of carbonyl (C=O) groups is 1. The van der Waals surface area contributed by atoms with E-state index in [1.165, 1.54) is 11.3 Å². The number of morpholine rings is 1. The Morgan fingerprint density at radius 3 is 2.47 bits per heavy atom. The fourth-order valence-corrected chi connectivity index (χ4v) is 7.69. The summed E-state index contributed by atoms with van der Waals surface area (Å²) in [6.45, 7) is 7.92. The lowest BCUT2D eigenvalue weighted by atomic mass is 10.1. The molecule has 204 valence electrons. The van der Waals surface area contributed by atoms with Crippen molar-refractivity contribution in [3.63, 3.8) is 0 Å². The Morgan fingerprint density at radius 1 is 1.03 bits per heavy atom. The first-order valence-electron chi connectivity index (χ1n) is 13.6. The summed E-state index contributed by atoms with van der Waals surface area (Å²) < 4.78 is 34.2. The molecule has 0 atom stereocenters. The van der Waals surface area contributed by atoms with Gasteiger partial charge < -0.3 is 4.74 Å². The summed E-state index contributed by atoms with van der Waals surface area (Å²) in [5.74, 6) is -0.161. The highest BCUT2D eigenvalue weighted by molar-refractivity contribution is 7.89. The van der Waals surface area contributed by atoms with Crippen molar-refractivity contribution in [1.29, 1.82) is 0 Å². The van der Waals surface area contributed by atoms with Gasteiger partial charge in [-0.2, -0.15) is 4.31 Å². The number of fused-ring (bicyclic) bond motifs is 1. The number of hydrogen-bond donors (Lipinski definition) is 0. The first-order valence-corrected chi connectivity index (χ1v) is 15.8. The van der Waals surface area contributed by atoms with Crippen LogP contribution in [0.2, 0.25) is 0 Å². The van der Waals surface area contributed by atoms with Gasteiger partial charge in [-0.15, -0.1) is 0 Å². The highest BCUT2D eigenvalue weighted by atomic mass is 32.2. The molecule has 0 bridgehead atoms. The lowest BCUT2D eigenvalue weighted by Crippen LogP contribution is -2.39. The number of nitrogens with zero attached hydrogens (tertiary/aromatic N) is 4. The molecule has 3 aromatic rings. The number of aromatic nitrogens is 1. The standard InChI is InChI=1S/C28H36N4O4S2/c1-2-22-8-6-9-25-26(22)29-28(37-25)32(17-7-14-30-18-20-36-21-19-30)27(33)23-10-12-24(13-11-23)38(34,35)31-15-4-3-5-16-31/h6,8-13H,2-5,7,14-21H2,1H3. The van der Waals surface area contributed by atoms with Crippen molar-refractivity contribution in [1.82, 2.24) is 14.2 Å². The van der Waals surface area contributed by atoms with Crippen molar-refractivity contribution in [2.24, 2.45) is 0 Å². The molecule has 0 aliphatic carbocycles. The smallest absolute Gasteiger partial charge is 0.260 e. The maximum absolute atomic E-state index is 13.8. The summed E-state index contributed by atoms with van der Waals surface area (Å²) in [7, 11) is -3.55. The highest BCUT2D eigenvalue weighted by Gasteiger charge is 2.27. The second-order valence-corrected chi connectivity index (χ2v) is 12.8. The normalized spacial score (nSPS) is 17.6. The monoisotopic (exact) mass is 556 g/mol. The second kappa shape index (κ2) is 12.2. The molecule has 10 heteroatoms. The topological polar surface area (TPSA) is 83.0 Å². The van der Waals surface area contributed by atoms with E-state index >= 15 is 0 Å². The maximum Gasteiger partial charge on any atom is 0.260 e. The third-order valence-corrected chi connectivity index (χ3v) is 10.3. The van der Waals surface area contributed by atoms with Crippen LogP contribution >= 0.6 is 11.3 Å². The Labute approximate surface area is 229 Å². The number of aryl methyl sites for hydroxylation is 1. The molecule has 0 radical (unpaired) electrons. The van der Waals surface area contributed by atoms with Crippen molar-refractivity contribution < 1.29 is 17.9 Å². The molecule has 2 aliphatic heterocycles. The first-order chi connectivity index (χ1) is 18.5. The number of rotatable bonds is 9.